The van der Waals surface area contributed by atoms with Crippen molar-refractivity contribution in [3.63, 3.8) is 0 Å². The van der Waals surface area contributed by atoms with E-state index >= 15 is 0 Å². The molecule has 0 bridgehead atoms. The van der Waals surface area contributed by atoms with Crippen LogP contribution in [0, 0.1) is 28.6 Å². The summed E-state index contributed by atoms with van der Waals surface area (Å²) in [7, 11) is 0. The van der Waals surface area contributed by atoms with Gasteiger partial charge in [0.2, 0.25) is 23.6 Å². The number of carbonyl (C=O) groups is 4. The number of nitrogens with two attached hydrogens (primary N) is 2. The summed E-state index contributed by atoms with van der Waals surface area (Å²) in [5.74, 6) is -1.59. The molecular formula is C21H35N5O4. The molecule has 1 saturated carbocycles. The van der Waals surface area contributed by atoms with Crippen molar-refractivity contribution in [3.05, 3.63) is 0 Å². The van der Waals surface area contributed by atoms with Crippen LogP contribution in [-0.4, -0.2) is 59.7 Å². The molecule has 2 heterocycles. The zero-order valence-corrected chi connectivity index (χ0v) is 18.5. The highest BCUT2D eigenvalue weighted by atomic mass is 16.2. The van der Waals surface area contributed by atoms with Crippen molar-refractivity contribution in [1.29, 1.82) is 0 Å². The Labute approximate surface area is 177 Å². The second kappa shape index (κ2) is 7.51. The highest BCUT2D eigenvalue weighted by Gasteiger charge is 2.69. The second-order valence-electron chi connectivity index (χ2n) is 10.7. The third kappa shape index (κ3) is 3.91. The first-order valence-electron chi connectivity index (χ1n) is 10.7. The Kier molecular flexibility index (Phi) is 5.64. The number of piperidine rings is 1. The van der Waals surface area contributed by atoms with Gasteiger partial charge in [-0.2, -0.15) is 0 Å². The van der Waals surface area contributed by atoms with Crippen LogP contribution in [0.25, 0.3) is 0 Å². The van der Waals surface area contributed by atoms with Gasteiger partial charge in [-0.1, -0.05) is 34.6 Å². The minimum absolute atomic E-state index is 0.0110. The quantitative estimate of drug-likeness (QED) is 0.449. The lowest BCUT2D eigenvalue weighted by Crippen LogP contribution is -2.59. The first kappa shape index (κ1) is 22.5. The maximum absolute atomic E-state index is 13.3. The Morgan fingerprint density at radius 1 is 1.30 bits per heavy atom. The van der Waals surface area contributed by atoms with Crippen LogP contribution in [0.3, 0.4) is 0 Å². The molecule has 3 aliphatic rings. The summed E-state index contributed by atoms with van der Waals surface area (Å²) < 4.78 is 0. The maximum Gasteiger partial charge on any atom is 0.243 e. The van der Waals surface area contributed by atoms with E-state index in [0.29, 0.717) is 19.5 Å². The van der Waals surface area contributed by atoms with Crippen molar-refractivity contribution in [1.82, 2.24) is 15.5 Å². The number of hydrogen-bond acceptors (Lipinski definition) is 5. The fourth-order valence-corrected chi connectivity index (χ4v) is 5.02. The molecule has 9 heteroatoms. The first-order valence-corrected chi connectivity index (χ1v) is 10.7. The largest absolute Gasteiger partial charge is 0.368 e. The summed E-state index contributed by atoms with van der Waals surface area (Å²) in [4.78, 5) is 51.8. The van der Waals surface area contributed by atoms with Crippen LogP contribution in [0.5, 0.6) is 0 Å². The molecule has 0 aromatic rings. The van der Waals surface area contributed by atoms with Crippen LogP contribution >= 0.6 is 0 Å². The minimum atomic E-state index is -0.958. The van der Waals surface area contributed by atoms with Crippen LogP contribution in [0.1, 0.15) is 47.5 Å². The average Bonchev–Trinajstić information content (AvgIpc) is 3.01. The van der Waals surface area contributed by atoms with Crippen molar-refractivity contribution >= 4 is 23.6 Å². The molecule has 0 aromatic carbocycles. The molecule has 0 radical (unpaired) electrons. The second-order valence-corrected chi connectivity index (χ2v) is 10.7. The zero-order valence-electron chi connectivity index (χ0n) is 18.5. The third-order valence-corrected chi connectivity index (χ3v) is 7.30. The van der Waals surface area contributed by atoms with Crippen LogP contribution in [0.4, 0.5) is 0 Å². The van der Waals surface area contributed by atoms with Gasteiger partial charge in [0.25, 0.3) is 0 Å². The van der Waals surface area contributed by atoms with Crippen molar-refractivity contribution < 1.29 is 19.2 Å². The van der Waals surface area contributed by atoms with Gasteiger partial charge in [0.05, 0.1) is 6.04 Å². The monoisotopic (exact) mass is 421 g/mol. The third-order valence-electron chi connectivity index (χ3n) is 7.30. The Morgan fingerprint density at radius 2 is 1.93 bits per heavy atom. The molecule has 168 valence electrons. The van der Waals surface area contributed by atoms with Crippen molar-refractivity contribution in [2.24, 2.45) is 40.1 Å². The fraction of sp³-hybridized carbons (Fsp3) is 0.810. The van der Waals surface area contributed by atoms with E-state index < -0.39 is 35.4 Å². The van der Waals surface area contributed by atoms with Gasteiger partial charge in [-0.25, -0.2) is 0 Å². The normalized spacial score (nSPS) is 31.5. The van der Waals surface area contributed by atoms with E-state index in [2.05, 4.69) is 24.5 Å². The number of carbonyl (C=O) groups excluding carboxylic acids is 4. The molecule has 30 heavy (non-hydrogen) atoms. The number of likely N-dealkylation sites (tertiary alicyclic amines) is 1. The van der Waals surface area contributed by atoms with E-state index in [-0.39, 0.29) is 41.4 Å². The van der Waals surface area contributed by atoms with Crippen molar-refractivity contribution in [2.75, 3.05) is 13.1 Å². The van der Waals surface area contributed by atoms with Gasteiger partial charge in [0, 0.05) is 19.0 Å². The van der Waals surface area contributed by atoms with Gasteiger partial charge in [0.15, 0.2) is 0 Å². The predicted molar refractivity (Wildman–Crippen MR) is 111 cm³/mol. The highest BCUT2D eigenvalue weighted by molar-refractivity contribution is 5.94. The van der Waals surface area contributed by atoms with E-state index in [0.717, 1.165) is 0 Å². The number of rotatable bonds is 6. The topological polar surface area (TPSA) is 148 Å². The SMILES string of the molecule is CC1(C)C2CN(C(=O)[C@@H](N)C(C)(C)C)C(C(=O)N[C@@H](C[C@@H]3CCNC3=O)C(N)=O)C21. The minimum Gasteiger partial charge on any atom is -0.368 e. The molecule has 4 amide bonds. The average molecular weight is 422 g/mol. The molecular weight excluding hydrogens is 386 g/mol. The van der Waals surface area contributed by atoms with Crippen molar-refractivity contribution in [3.8, 4) is 0 Å². The Balaban J connectivity index is 1.77. The summed E-state index contributed by atoms with van der Waals surface area (Å²) in [6.07, 6.45) is 0.761. The lowest BCUT2D eigenvalue weighted by molar-refractivity contribution is -0.143. The molecule has 9 nitrogen and oxygen atoms in total. The molecule has 2 saturated heterocycles. The van der Waals surface area contributed by atoms with Gasteiger partial charge in [0.1, 0.15) is 12.1 Å². The first-order chi connectivity index (χ1) is 13.8. The Morgan fingerprint density at radius 3 is 2.43 bits per heavy atom. The molecule has 2 aliphatic heterocycles. The van der Waals surface area contributed by atoms with Gasteiger partial charge < -0.3 is 27.0 Å². The summed E-state index contributed by atoms with van der Waals surface area (Å²) in [5, 5.41) is 5.46. The number of nitrogens with one attached hydrogen (secondary N) is 2. The molecule has 0 aromatic heterocycles. The van der Waals surface area contributed by atoms with Gasteiger partial charge in [-0.15, -0.1) is 0 Å². The van der Waals surface area contributed by atoms with E-state index in [1.54, 1.807) is 4.90 Å². The maximum atomic E-state index is 13.3. The number of primary amides is 1. The number of nitrogens with zero attached hydrogens (tertiary/aromatic N) is 1. The number of hydrogen-bond donors (Lipinski definition) is 4. The molecule has 6 N–H and O–H groups in total. The van der Waals surface area contributed by atoms with Crippen LogP contribution in [-0.2, 0) is 19.2 Å². The number of amides is 4. The molecule has 1 aliphatic carbocycles. The smallest absolute Gasteiger partial charge is 0.243 e. The lowest BCUT2D eigenvalue weighted by Gasteiger charge is -2.36. The molecule has 6 atom stereocenters. The summed E-state index contributed by atoms with van der Waals surface area (Å²) in [6, 6.07) is -2.38. The van der Waals surface area contributed by atoms with Crippen LogP contribution in [0.15, 0.2) is 0 Å². The predicted octanol–water partition coefficient (Wildman–Crippen LogP) is -0.661. The van der Waals surface area contributed by atoms with Gasteiger partial charge in [-0.05, 0) is 35.5 Å². The van der Waals surface area contributed by atoms with Crippen LogP contribution in [0.2, 0.25) is 0 Å². The Bertz CT molecular complexity index is 759. The molecule has 3 fully saturated rings. The summed E-state index contributed by atoms with van der Waals surface area (Å²) in [6.45, 7) is 10.9. The van der Waals surface area contributed by atoms with Crippen molar-refractivity contribution in [2.45, 2.75) is 65.6 Å². The van der Waals surface area contributed by atoms with E-state index in [1.807, 2.05) is 20.8 Å². The summed E-state index contributed by atoms with van der Waals surface area (Å²) >= 11 is 0. The van der Waals surface area contributed by atoms with E-state index in [1.165, 1.54) is 0 Å². The molecule has 3 rings (SSSR count). The Hall–Kier alpha value is -2.16. The zero-order chi connectivity index (χ0) is 22.6. The highest BCUT2D eigenvalue weighted by Crippen LogP contribution is 2.65. The standard InChI is InChI=1S/C21H35N5O4/c1-20(2,3)15(22)19(30)26-9-11-13(21(11,4)5)14(26)18(29)25-12(16(23)27)8-10-6-7-24-17(10)28/h10-15H,6-9,22H2,1-5H3,(H2,23,27)(H,24,28)(H,25,29)/t10-,11?,12-,13?,14?,15+/m0/s1. The van der Waals surface area contributed by atoms with E-state index in [9.17, 15) is 19.2 Å². The lowest BCUT2D eigenvalue weighted by atomic mass is 9.86. The number of fused-ring (bicyclic) bond motifs is 1. The fourth-order valence-electron chi connectivity index (χ4n) is 5.02. The van der Waals surface area contributed by atoms with Gasteiger partial charge in [-0.3, -0.25) is 19.2 Å². The summed E-state index contributed by atoms with van der Waals surface area (Å²) in [5.41, 5.74) is 11.2. The van der Waals surface area contributed by atoms with Gasteiger partial charge >= 0.3 is 0 Å². The van der Waals surface area contributed by atoms with Crippen LogP contribution < -0.4 is 22.1 Å². The van der Waals surface area contributed by atoms with E-state index in [4.69, 9.17) is 11.5 Å². The molecule has 0 spiro atoms. The molecule has 3 unspecified atom stereocenters.